The molecule has 21 heavy (non-hydrogen) atoms. The Morgan fingerprint density at radius 1 is 1.10 bits per heavy atom. The largest absolute Gasteiger partial charge is 0.338 e. The molecule has 3 aliphatic rings. The van der Waals surface area contributed by atoms with E-state index in [1.807, 2.05) is 4.90 Å². The predicted molar refractivity (Wildman–Crippen MR) is 79.9 cm³/mol. The Morgan fingerprint density at radius 3 is 2.43 bits per heavy atom. The first kappa shape index (κ1) is 14.6. The van der Waals surface area contributed by atoms with Gasteiger partial charge in [0.25, 0.3) is 0 Å². The molecule has 2 saturated heterocycles. The first-order valence-electron chi connectivity index (χ1n) is 8.28. The highest BCUT2D eigenvalue weighted by atomic mass is 16.2. The van der Waals surface area contributed by atoms with E-state index in [4.69, 9.17) is 0 Å². The van der Waals surface area contributed by atoms with Gasteiger partial charge in [-0.1, -0.05) is 19.3 Å². The van der Waals surface area contributed by atoms with Gasteiger partial charge in [0.15, 0.2) is 0 Å². The van der Waals surface area contributed by atoms with Gasteiger partial charge in [-0.25, -0.2) is 4.79 Å². The van der Waals surface area contributed by atoms with Gasteiger partial charge in [0.05, 0.1) is 0 Å². The average Bonchev–Trinajstić information content (AvgIpc) is 2.95. The van der Waals surface area contributed by atoms with Crippen LogP contribution in [0.1, 0.15) is 32.1 Å². The van der Waals surface area contributed by atoms with Crippen molar-refractivity contribution in [3.05, 3.63) is 0 Å². The topological polar surface area (TPSA) is 64.7 Å². The van der Waals surface area contributed by atoms with Crippen molar-refractivity contribution < 1.29 is 9.59 Å². The second kappa shape index (κ2) is 6.64. The van der Waals surface area contributed by atoms with E-state index in [1.165, 1.54) is 38.6 Å². The lowest BCUT2D eigenvalue weighted by atomic mass is 9.89. The van der Waals surface area contributed by atoms with E-state index in [0.717, 1.165) is 32.1 Å². The maximum Gasteiger partial charge on any atom is 0.315 e. The Kier molecular flexibility index (Phi) is 4.63. The molecule has 0 aromatic carbocycles. The van der Waals surface area contributed by atoms with E-state index in [-0.39, 0.29) is 18.0 Å². The smallest absolute Gasteiger partial charge is 0.315 e. The summed E-state index contributed by atoms with van der Waals surface area (Å²) < 4.78 is 0. The van der Waals surface area contributed by atoms with Crippen molar-refractivity contribution in [1.82, 2.24) is 20.4 Å². The SMILES string of the molecule is O=C1NCC(C(=O)N2CCN(CC3CCCCC3)CC2)N1. The van der Waals surface area contributed by atoms with Gasteiger partial charge in [0.2, 0.25) is 5.91 Å². The van der Waals surface area contributed by atoms with Crippen molar-refractivity contribution in [2.45, 2.75) is 38.1 Å². The van der Waals surface area contributed by atoms with Crippen LogP contribution in [0.3, 0.4) is 0 Å². The van der Waals surface area contributed by atoms with Crippen LogP contribution in [0.15, 0.2) is 0 Å². The molecule has 3 fully saturated rings. The lowest BCUT2D eigenvalue weighted by Crippen LogP contribution is -2.54. The Labute approximate surface area is 126 Å². The summed E-state index contributed by atoms with van der Waals surface area (Å²) in [5.74, 6) is 0.921. The Hall–Kier alpha value is -1.30. The van der Waals surface area contributed by atoms with Gasteiger partial charge in [-0.2, -0.15) is 0 Å². The van der Waals surface area contributed by atoms with Crippen molar-refractivity contribution in [2.75, 3.05) is 39.3 Å². The number of nitrogens with zero attached hydrogens (tertiary/aromatic N) is 2. The van der Waals surface area contributed by atoms with E-state index < -0.39 is 0 Å². The van der Waals surface area contributed by atoms with Crippen LogP contribution in [0, 0.1) is 5.92 Å². The molecule has 2 heterocycles. The van der Waals surface area contributed by atoms with Crippen molar-refractivity contribution >= 4 is 11.9 Å². The summed E-state index contributed by atoms with van der Waals surface area (Å²) in [4.78, 5) is 27.8. The number of hydrogen-bond acceptors (Lipinski definition) is 3. The maximum atomic E-state index is 12.3. The normalized spacial score (nSPS) is 28.3. The average molecular weight is 294 g/mol. The molecule has 2 N–H and O–H groups in total. The van der Waals surface area contributed by atoms with E-state index >= 15 is 0 Å². The molecule has 0 aromatic rings. The number of hydrogen-bond donors (Lipinski definition) is 2. The monoisotopic (exact) mass is 294 g/mol. The van der Waals surface area contributed by atoms with Crippen LogP contribution in [0.25, 0.3) is 0 Å². The third-order valence-corrected chi connectivity index (χ3v) is 5.00. The number of piperazine rings is 1. The molecule has 1 saturated carbocycles. The minimum absolute atomic E-state index is 0.0608. The third-order valence-electron chi connectivity index (χ3n) is 5.00. The van der Waals surface area contributed by atoms with Crippen molar-refractivity contribution in [1.29, 1.82) is 0 Å². The van der Waals surface area contributed by atoms with Crippen LogP contribution in [-0.2, 0) is 4.79 Å². The van der Waals surface area contributed by atoms with E-state index in [0.29, 0.717) is 6.54 Å². The van der Waals surface area contributed by atoms with Crippen molar-refractivity contribution in [3.8, 4) is 0 Å². The molecule has 0 radical (unpaired) electrons. The molecule has 0 aromatic heterocycles. The minimum Gasteiger partial charge on any atom is -0.338 e. The molecule has 6 heteroatoms. The molecule has 1 aliphatic carbocycles. The second-order valence-electron chi connectivity index (χ2n) is 6.54. The van der Waals surface area contributed by atoms with Crippen LogP contribution in [0.4, 0.5) is 4.79 Å². The first-order valence-corrected chi connectivity index (χ1v) is 8.28. The van der Waals surface area contributed by atoms with Crippen LogP contribution < -0.4 is 10.6 Å². The molecular formula is C15H26N4O2. The fourth-order valence-electron chi connectivity index (χ4n) is 3.71. The maximum absolute atomic E-state index is 12.3. The van der Waals surface area contributed by atoms with Gasteiger partial charge in [-0.3, -0.25) is 9.69 Å². The number of rotatable bonds is 3. The zero-order chi connectivity index (χ0) is 14.7. The van der Waals surface area contributed by atoms with Crippen molar-refractivity contribution in [3.63, 3.8) is 0 Å². The molecule has 2 aliphatic heterocycles. The van der Waals surface area contributed by atoms with Crippen LogP contribution in [0.2, 0.25) is 0 Å². The molecule has 6 nitrogen and oxygen atoms in total. The zero-order valence-corrected chi connectivity index (χ0v) is 12.6. The number of carbonyl (C=O) groups is 2. The Balaban J connectivity index is 1.42. The van der Waals surface area contributed by atoms with Gasteiger partial charge < -0.3 is 15.5 Å². The number of urea groups is 1. The lowest BCUT2D eigenvalue weighted by molar-refractivity contribution is -0.134. The summed E-state index contributed by atoms with van der Waals surface area (Å²) in [6.45, 7) is 5.13. The summed E-state index contributed by atoms with van der Waals surface area (Å²) in [5, 5.41) is 5.32. The zero-order valence-electron chi connectivity index (χ0n) is 12.6. The molecular weight excluding hydrogens is 268 g/mol. The molecule has 0 spiro atoms. The highest BCUT2D eigenvalue weighted by Crippen LogP contribution is 2.24. The Morgan fingerprint density at radius 2 is 1.81 bits per heavy atom. The lowest BCUT2D eigenvalue weighted by Gasteiger charge is -2.38. The summed E-state index contributed by atoms with van der Waals surface area (Å²) in [7, 11) is 0. The Bertz CT molecular complexity index is 387. The fraction of sp³-hybridized carbons (Fsp3) is 0.867. The third kappa shape index (κ3) is 3.67. The second-order valence-corrected chi connectivity index (χ2v) is 6.54. The van der Waals surface area contributed by atoms with Gasteiger partial charge in [-0.15, -0.1) is 0 Å². The molecule has 3 amide bonds. The van der Waals surface area contributed by atoms with Gasteiger partial charge in [0, 0.05) is 39.3 Å². The molecule has 1 atom stereocenters. The van der Waals surface area contributed by atoms with Gasteiger partial charge in [-0.05, 0) is 18.8 Å². The standard InChI is InChI=1S/C15H26N4O2/c20-14(13-10-16-15(21)17-13)19-8-6-18(7-9-19)11-12-4-2-1-3-5-12/h12-13H,1-11H2,(H2,16,17,21). The summed E-state index contributed by atoms with van der Waals surface area (Å²) in [5.41, 5.74) is 0. The number of amides is 3. The summed E-state index contributed by atoms with van der Waals surface area (Å²) >= 11 is 0. The quantitative estimate of drug-likeness (QED) is 0.791. The first-order chi connectivity index (χ1) is 10.2. The molecule has 1 unspecified atom stereocenters. The highest BCUT2D eigenvalue weighted by Gasteiger charge is 2.32. The van der Waals surface area contributed by atoms with E-state index in [2.05, 4.69) is 15.5 Å². The predicted octanol–water partition coefficient (Wildman–Crippen LogP) is 0.392. The summed E-state index contributed by atoms with van der Waals surface area (Å²) in [6, 6.07) is -0.605. The fourth-order valence-corrected chi connectivity index (χ4v) is 3.71. The molecule has 0 bridgehead atoms. The summed E-state index contributed by atoms with van der Waals surface area (Å²) in [6.07, 6.45) is 6.92. The highest BCUT2D eigenvalue weighted by molar-refractivity contribution is 5.90. The van der Waals surface area contributed by atoms with Crippen molar-refractivity contribution in [2.24, 2.45) is 5.92 Å². The van der Waals surface area contributed by atoms with Crippen LogP contribution in [0.5, 0.6) is 0 Å². The van der Waals surface area contributed by atoms with E-state index in [9.17, 15) is 9.59 Å². The molecule has 3 rings (SSSR count). The van der Waals surface area contributed by atoms with Crippen LogP contribution >= 0.6 is 0 Å². The molecule has 118 valence electrons. The van der Waals surface area contributed by atoms with E-state index in [1.54, 1.807) is 0 Å². The minimum atomic E-state index is -0.373. The van der Waals surface area contributed by atoms with Gasteiger partial charge >= 0.3 is 6.03 Å². The number of nitrogens with one attached hydrogen (secondary N) is 2. The number of carbonyl (C=O) groups excluding carboxylic acids is 2. The van der Waals surface area contributed by atoms with Crippen LogP contribution in [-0.4, -0.2) is 67.0 Å². The van der Waals surface area contributed by atoms with Gasteiger partial charge in [0.1, 0.15) is 6.04 Å².